The van der Waals surface area contributed by atoms with Crippen molar-refractivity contribution in [1.29, 1.82) is 0 Å². The van der Waals surface area contributed by atoms with E-state index in [1.807, 2.05) is 36.4 Å². The highest BCUT2D eigenvalue weighted by Gasteiger charge is 2.07. The van der Waals surface area contributed by atoms with E-state index in [-0.39, 0.29) is 11.7 Å². The molecule has 0 unspecified atom stereocenters. The highest BCUT2D eigenvalue weighted by Crippen LogP contribution is 2.24. The minimum absolute atomic E-state index is 0.0485. The Bertz CT molecular complexity index is 1010. The van der Waals surface area contributed by atoms with Crippen molar-refractivity contribution in [2.45, 2.75) is 0 Å². The standard InChI is InChI=1S/C20H17N3O4S/c24-18(11-10-15-7-4-12-26-15)21-20(28)23-22-19(25)13-27-17-9-3-6-14-5-1-2-8-16(14)17/h1-12H,13H2,(H,22,25)(H2,21,23,24,28)/b11-10+. The minimum atomic E-state index is -0.463. The number of ether oxygens (including phenoxy) is 1. The van der Waals surface area contributed by atoms with Gasteiger partial charge in [-0.2, -0.15) is 0 Å². The lowest BCUT2D eigenvalue weighted by molar-refractivity contribution is -0.123. The Morgan fingerprint density at radius 3 is 2.68 bits per heavy atom. The predicted molar refractivity (Wildman–Crippen MR) is 109 cm³/mol. The fourth-order valence-electron chi connectivity index (χ4n) is 2.36. The average molecular weight is 395 g/mol. The molecule has 0 bridgehead atoms. The molecule has 142 valence electrons. The maximum absolute atomic E-state index is 11.9. The van der Waals surface area contributed by atoms with Crippen LogP contribution in [-0.4, -0.2) is 23.5 Å². The quantitative estimate of drug-likeness (QED) is 0.349. The Labute approximate surface area is 166 Å². The molecular formula is C20H17N3O4S. The summed E-state index contributed by atoms with van der Waals surface area (Å²) in [6, 6.07) is 16.7. The highest BCUT2D eigenvalue weighted by atomic mass is 32.1. The molecule has 28 heavy (non-hydrogen) atoms. The van der Waals surface area contributed by atoms with Crippen molar-refractivity contribution in [2.24, 2.45) is 0 Å². The number of carbonyl (C=O) groups is 2. The van der Waals surface area contributed by atoms with Gasteiger partial charge in [-0.15, -0.1) is 0 Å². The molecule has 2 aromatic carbocycles. The van der Waals surface area contributed by atoms with E-state index in [0.717, 1.165) is 10.8 Å². The van der Waals surface area contributed by atoms with E-state index < -0.39 is 11.8 Å². The van der Waals surface area contributed by atoms with Gasteiger partial charge in [0.1, 0.15) is 11.5 Å². The summed E-state index contributed by atoms with van der Waals surface area (Å²) in [4.78, 5) is 23.7. The number of fused-ring (bicyclic) bond motifs is 1. The highest BCUT2D eigenvalue weighted by molar-refractivity contribution is 7.80. The Morgan fingerprint density at radius 1 is 1.04 bits per heavy atom. The summed E-state index contributed by atoms with van der Waals surface area (Å²) in [6.07, 6.45) is 4.26. The molecule has 0 radical (unpaired) electrons. The number of hydrogen-bond donors (Lipinski definition) is 3. The summed E-state index contributed by atoms with van der Waals surface area (Å²) in [5, 5.41) is 4.28. The van der Waals surface area contributed by atoms with Crippen molar-refractivity contribution in [3.8, 4) is 5.75 Å². The van der Waals surface area contributed by atoms with Crippen molar-refractivity contribution in [3.63, 3.8) is 0 Å². The molecule has 1 heterocycles. The molecule has 0 aliphatic carbocycles. The van der Waals surface area contributed by atoms with Crippen LogP contribution in [0.2, 0.25) is 0 Å². The minimum Gasteiger partial charge on any atom is -0.483 e. The first-order valence-corrected chi connectivity index (χ1v) is 8.74. The van der Waals surface area contributed by atoms with Crippen LogP contribution >= 0.6 is 12.2 Å². The molecule has 3 rings (SSSR count). The molecule has 0 fully saturated rings. The van der Waals surface area contributed by atoms with Crippen LogP contribution in [0.25, 0.3) is 16.8 Å². The van der Waals surface area contributed by atoms with Gasteiger partial charge in [-0.1, -0.05) is 36.4 Å². The number of thiocarbonyl (C=S) groups is 1. The zero-order valence-corrected chi connectivity index (χ0v) is 15.5. The van der Waals surface area contributed by atoms with Crippen molar-refractivity contribution in [1.82, 2.24) is 16.2 Å². The van der Waals surface area contributed by atoms with Gasteiger partial charge in [0.2, 0.25) is 5.91 Å². The van der Waals surface area contributed by atoms with Crippen molar-refractivity contribution >= 4 is 46.0 Å². The van der Waals surface area contributed by atoms with Gasteiger partial charge in [0.15, 0.2) is 11.7 Å². The SMILES string of the molecule is O=C(/C=C/c1ccco1)NC(=S)NNC(=O)COc1cccc2ccccc12. The Balaban J connectivity index is 1.42. The Morgan fingerprint density at radius 2 is 1.86 bits per heavy atom. The number of rotatable bonds is 5. The van der Waals surface area contributed by atoms with Crippen molar-refractivity contribution in [3.05, 3.63) is 72.7 Å². The second-order valence-electron chi connectivity index (χ2n) is 5.61. The van der Waals surface area contributed by atoms with Crippen LogP contribution in [0.3, 0.4) is 0 Å². The predicted octanol–water partition coefficient (Wildman–Crippen LogP) is 2.55. The number of hydrogen-bond acceptors (Lipinski definition) is 5. The third-order valence-electron chi connectivity index (χ3n) is 3.60. The molecule has 1 aromatic heterocycles. The fraction of sp³-hybridized carbons (Fsp3) is 0.0500. The van der Waals surface area contributed by atoms with Crippen molar-refractivity contribution in [2.75, 3.05) is 6.61 Å². The zero-order chi connectivity index (χ0) is 19.8. The van der Waals surface area contributed by atoms with Gasteiger partial charge in [-0.3, -0.25) is 25.8 Å². The lowest BCUT2D eigenvalue weighted by atomic mass is 10.1. The molecule has 0 atom stereocenters. The number of furan rings is 1. The number of amides is 2. The largest absolute Gasteiger partial charge is 0.483 e. The molecule has 0 aliphatic rings. The van der Waals surface area contributed by atoms with Crippen LogP contribution in [0.1, 0.15) is 5.76 Å². The van der Waals surface area contributed by atoms with Crippen LogP contribution in [-0.2, 0) is 9.59 Å². The van der Waals surface area contributed by atoms with Crippen molar-refractivity contribution < 1.29 is 18.7 Å². The first-order chi connectivity index (χ1) is 13.6. The van der Waals surface area contributed by atoms with Gasteiger partial charge >= 0.3 is 0 Å². The van der Waals surface area contributed by atoms with E-state index in [1.54, 1.807) is 18.2 Å². The normalized spacial score (nSPS) is 10.6. The zero-order valence-electron chi connectivity index (χ0n) is 14.7. The van der Waals surface area contributed by atoms with Crippen LogP contribution < -0.4 is 20.9 Å². The van der Waals surface area contributed by atoms with Gasteiger partial charge in [-0.25, -0.2) is 0 Å². The maximum Gasteiger partial charge on any atom is 0.276 e. The lowest BCUT2D eigenvalue weighted by Crippen LogP contribution is -2.49. The van der Waals surface area contributed by atoms with Gasteiger partial charge in [0.25, 0.3) is 5.91 Å². The third-order valence-corrected chi connectivity index (χ3v) is 3.81. The van der Waals surface area contributed by atoms with E-state index >= 15 is 0 Å². The lowest BCUT2D eigenvalue weighted by Gasteiger charge is -2.11. The van der Waals surface area contributed by atoms with E-state index in [1.165, 1.54) is 18.4 Å². The Kier molecular flexibility index (Phi) is 6.37. The van der Waals surface area contributed by atoms with E-state index in [2.05, 4.69) is 16.2 Å². The first-order valence-electron chi connectivity index (χ1n) is 8.34. The molecule has 2 amide bonds. The number of benzene rings is 2. The monoisotopic (exact) mass is 395 g/mol. The van der Waals surface area contributed by atoms with E-state index in [4.69, 9.17) is 21.4 Å². The second kappa shape index (κ2) is 9.33. The summed E-state index contributed by atoms with van der Waals surface area (Å²) < 4.78 is 10.6. The van der Waals surface area contributed by atoms with Gasteiger partial charge in [0.05, 0.1) is 6.26 Å². The molecule has 0 saturated heterocycles. The third kappa shape index (κ3) is 5.42. The number of hydrazine groups is 1. The molecule has 0 saturated carbocycles. The van der Waals surface area contributed by atoms with Gasteiger partial charge < -0.3 is 9.15 Å². The van der Waals surface area contributed by atoms with Crippen LogP contribution in [0.5, 0.6) is 5.75 Å². The van der Waals surface area contributed by atoms with E-state index in [9.17, 15) is 9.59 Å². The first kappa shape index (κ1) is 19.1. The van der Waals surface area contributed by atoms with Gasteiger partial charge in [-0.05, 0) is 41.9 Å². The topological polar surface area (TPSA) is 92.6 Å². The second-order valence-corrected chi connectivity index (χ2v) is 6.01. The average Bonchev–Trinajstić information content (AvgIpc) is 3.23. The Hall–Kier alpha value is -3.65. The molecule has 0 aliphatic heterocycles. The summed E-state index contributed by atoms with van der Waals surface area (Å²) >= 11 is 4.95. The summed E-state index contributed by atoms with van der Waals surface area (Å²) in [5.74, 6) is 0.228. The maximum atomic E-state index is 11.9. The number of carbonyl (C=O) groups excluding carboxylic acids is 2. The molecule has 0 spiro atoms. The summed E-state index contributed by atoms with van der Waals surface area (Å²) in [6.45, 7) is -0.212. The van der Waals surface area contributed by atoms with Crippen LogP contribution in [0.4, 0.5) is 0 Å². The molecular weight excluding hydrogens is 378 g/mol. The molecule has 7 nitrogen and oxygen atoms in total. The number of nitrogens with one attached hydrogen (secondary N) is 3. The molecule has 8 heteroatoms. The molecule has 3 aromatic rings. The summed E-state index contributed by atoms with van der Waals surface area (Å²) in [5.41, 5.74) is 4.81. The van der Waals surface area contributed by atoms with Gasteiger partial charge in [0, 0.05) is 11.5 Å². The smallest absolute Gasteiger partial charge is 0.276 e. The fourth-order valence-corrected chi connectivity index (χ4v) is 2.51. The summed E-state index contributed by atoms with van der Waals surface area (Å²) in [7, 11) is 0. The van der Waals surface area contributed by atoms with Crippen LogP contribution in [0.15, 0.2) is 71.4 Å². The van der Waals surface area contributed by atoms with E-state index in [0.29, 0.717) is 11.5 Å². The molecule has 3 N–H and O–H groups in total. The van der Waals surface area contributed by atoms with Crippen LogP contribution in [0, 0.1) is 0 Å².